The topological polar surface area (TPSA) is 59.1 Å². The number of anilines is 1. The molecule has 116 valence electrons. The zero-order chi connectivity index (χ0) is 15.9. The Morgan fingerprint density at radius 1 is 1.23 bits per heavy atom. The van der Waals surface area contributed by atoms with E-state index < -0.39 is 0 Å². The number of ether oxygens (including phenoxy) is 1. The third kappa shape index (κ3) is 5.29. The molecule has 0 saturated carbocycles. The van der Waals surface area contributed by atoms with Crippen molar-refractivity contribution in [2.24, 2.45) is 5.92 Å². The molecule has 0 unspecified atom stereocenters. The molecule has 6 heteroatoms. The summed E-state index contributed by atoms with van der Waals surface area (Å²) in [5.74, 6) is 2.14. The molecule has 2 N–H and O–H groups in total. The molecule has 0 amide bonds. The number of nitrogens with zero attached hydrogens (tertiary/aromatic N) is 2. The van der Waals surface area contributed by atoms with Crippen LogP contribution in [0.1, 0.15) is 19.5 Å². The molecule has 0 saturated heterocycles. The Bertz CT molecular complexity index is 631. The van der Waals surface area contributed by atoms with Crippen LogP contribution in [0.2, 0.25) is 0 Å². The lowest BCUT2D eigenvalue weighted by Crippen LogP contribution is -2.32. The van der Waals surface area contributed by atoms with Gasteiger partial charge in [-0.05, 0) is 37.2 Å². The average molecular weight is 316 g/mol. The van der Waals surface area contributed by atoms with E-state index in [1.54, 1.807) is 6.07 Å². The molecule has 0 fully saturated rings. The first-order chi connectivity index (χ1) is 10.5. The Morgan fingerprint density at radius 3 is 2.64 bits per heavy atom. The molecule has 2 aromatic rings. The maximum absolute atomic E-state index is 5.72. The lowest BCUT2D eigenvalue weighted by molar-refractivity contribution is 0.462. The van der Waals surface area contributed by atoms with Crippen LogP contribution in [0, 0.1) is 12.8 Å². The average Bonchev–Trinajstić information content (AvgIpc) is 2.45. The van der Waals surface area contributed by atoms with Gasteiger partial charge in [-0.25, -0.2) is 4.98 Å². The van der Waals surface area contributed by atoms with Crippen LogP contribution in [0.3, 0.4) is 0 Å². The van der Waals surface area contributed by atoms with E-state index in [2.05, 4.69) is 34.4 Å². The predicted octanol–water partition coefficient (Wildman–Crippen LogP) is 3.52. The van der Waals surface area contributed by atoms with Crippen molar-refractivity contribution in [2.75, 3.05) is 11.9 Å². The molecular weight excluding hydrogens is 296 g/mol. The molecule has 2 rings (SSSR count). The van der Waals surface area contributed by atoms with Crippen LogP contribution < -0.4 is 15.4 Å². The highest BCUT2D eigenvalue weighted by Crippen LogP contribution is 2.20. The van der Waals surface area contributed by atoms with Gasteiger partial charge in [-0.3, -0.25) is 0 Å². The summed E-state index contributed by atoms with van der Waals surface area (Å²) in [4.78, 5) is 8.64. The highest BCUT2D eigenvalue weighted by Gasteiger charge is 2.06. The third-order valence-electron chi connectivity index (χ3n) is 2.69. The Hall–Kier alpha value is -2.21. The summed E-state index contributed by atoms with van der Waals surface area (Å²) in [6, 6.07) is 11.3. The minimum Gasteiger partial charge on any atom is -0.439 e. The van der Waals surface area contributed by atoms with Gasteiger partial charge >= 0.3 is 0 Å². The van der Waals surface area contributed by atoms with E-state index in [1.807, 2.05) is 37.3 Å². The fourth-order valence-corrected chi connectivity index (χ4v) is 1.87. The summed E-state index contributed by atoms with van der Waals surface area (Å²) in [6.07, 6.45) is 0. The Morgan fingerprint density at radius 2 is 1.95 bits per heavy atom. The molecule has 0 aliphatic carbocycles. The maximum Gasteiger partial charge on any atom is 0.232 e. The molecule has 0 radical (unpaired) electrons. The standard InChI is InChI=1S/C16H20N4OS/c1-11(2)10-17-16(22)20-15-18-12(3)9-14(19-15)21-13-7-5-4-6-8-13/h4-9,11H,10H2,1-3H3,(H2,17,18,19,20,22). The van der Waals surface area contributed by atoms with Crippen LogP contribution >= 0.6 is 12.2 Å². The molecule has 0 atom stereocenters. The van der Waals surface area contributed by atoms with Crippen LogP contribution in [-0.4, -0.2) is 21.6 Å². The van der Waals surface area contributed by atoms with Gasteiger partial charge in [0.1, 0.15) is 5.75 Å². The zero-order valence-corrected chi connectivity index (χ0v) is 13.8. The van der Waals surface area contributed by atoms with Gasteiger partial charge in [-0.2, -0.15) is 4.98 Å². The summed E-state index contributed by atoms with van der Waals surface area (Å²) in [5, 5.41) is 6.61. The highest BCUT2D eigenvalue weighted by atomic mass is 32.1. The first-order valence-corrected chi connectivity index (χ1v) is 7.57. The number of nitrogens with one attached hydrogen (secondary N) is 2. The molecule has 0 spiro atoms. The normalized spacial score (nSPS) is 10.4. The second-order valence-electron chi connectivity index (χ2n) is 5.32. The van der Waals surface area contributed by atoms with Crippen LogP contribution in [0.25, 0.3) is 0 Å². The smallest absolute Gasteiger partial charge is 0.232 e. The Labute approximate surface area is 136 Å². The maximum atomic E-state index is 5.72. The van der Waals surface area contributed by atoms with Crippen molar-refractivity contribution in [2.45, 2.75) is 20.8 Å². The van der Waals surface area contributed by atoms with E-state index >= 15 is 0 Å². The predicted molar refractivity (Wildman–Crippen MR) is 92.3 cm³/mol. The largest absolute Gasteiger partial charge is 0.439 e. The Balaban J connectivity index is 2.05. The first kappa shape index (κ1) is 16.2. The van der Waals surface area contributed by atoms with Gasteiger partial charge in [0, 0.05) is 18.3 Å². The van der Waals surface area contributed by atoms with Gasteiger partial charge in [-0.1, -0.05) is 32.0 Å². The van der Waals surface area contributed by atoms with E-state index in [1.165, 1.54) is 0 Å². The summed E-state index contributed by atoms with van der Waals surface area (Å²) < 4.78 is 5.72. The van der Waals surface area contributed by atoms with Crippen LogP contribution in [0.4, 0.5) is 5.95 Å². The molecule has 1 aromatic carbocycles. The molecule has 0 aliphatic rings. The van der Waals surface area contributed by atoms with Gasteiger partial charge in [0.05, 0.1) is 0 Å². The number of thiocarbonyl (C=S) groups is 1. The molecule has 22 heavy (non-hydrogen) atoms. The fourth-order valence-electron chi connectivity index (χ4n) is 1.70. The second-order valence-corrected chi connectivity index (χ2v) is 5.72. The number of aryl methyl sites for hydroxylation is 1. The van der Waals surface area contributed by atoms with Crippen molar-refractivity contribution in [3.8, 4) is 11.6 Å². The van der Waals surface area contributed by atoms with Crippen molar-refractivity contribution >= 4 is 23.3 Å². The minimum absolute atomic E-state index is 0.423. The van der Waals surface area contributed by atoms with Gasteiger partial charge in [0.2, 0.25) is 11.8 Å². The molecule has 1 aromatic heterocycles. The monoisotopic (exact) mass is 316 g/mol. The van der Waals surface area contributed by atoms with Crippen molar-refractivity contribution in [3.63, 3.8) is 0 Å². The van der Waals surface area contributed by atoms with Crippen molar-refractivity contribution in [1.29, 1.82) is 0 Å². The van der Waals surface area contributed by atoms with Crippen molar-refractivity contribution in [3.05, 3.63) is 42.1 Å². The van der Waals surface area contributed by atoms with Crippen LogP contribution in [0.15, 0.2) is 36.4 Å². The summed E-state index contributed by atoms with van der Waals surface area (Å²) in [7, 11) is 0. The number of hydrogen-bond acceptors (Lipinski definition) is 4. The summed E-state index contributed by atoms with van der Waals surface area (Å²) in [5.41, 5.74) is 0.801. The second kappa shape index (κ2) is 7.70. The Kier molecular flexibility index (Phi) is 5.66. The van der Waals surface area contributed by atoms with E-state index in [0.29, 0.717) is 22.9 Å². The number of hydrogen-bond donors (Lipinski definition) is 2. The van der Waals surface area contributed by atoms with Gasteiger partial charge in [0.25, 0.3) is 0 Å². The zero-order valence-electron chi connectivity index (χ0n) is 13.0. The lowest BCUT2D eigenvalue weighted by Gasteiger charge is -2.12. The van der Waals surface area contributed by atoms with Crippen molar-refractivity contribution < 1.29 is 4.74 Å². The summed E-state index contributed by atoms with van der Waals surface area (Å²) >= 11 is 5.23. The van der Waals surface area contributed by atoms with E-state index in [9.17, 15) is 0 Å². The minimum atomic E-state index is 0.423. The van der Waals surface area contributed by atoms with Gasteiger partial charge in [0.15, 0.2) is 5.11 Å². The molecule has 5 nitrogen and oxygen atoms in total. The van der Waals surface area contributed by atoms with E-state index in [0.717, 1.165) is 18.0 Å². The number of benzene rings is 1. The molecule has 0 aliphatic heterocycles. The van der Waals surface area contributed by atoms with Gasteiger partial charge in [-0.15, -0.1) is 0 Å². The number of para-hydroxylation sites is 1. The fraction of sp³-hybridized carbons (Fsp3) is 0.312. The molecular formula is C16H20N4OS. The van der Waals surface area contributed by atoms with E-state index in [-0.39, 0.29) is 0 Å². The number of aromatic nitrogens is 2. The van der Waals surface area contributed by atoms with Gasteiger partial charge < -0.3 is 15.4 Å². The first-order valence-electron chi connectivity index (χ1n) is 7.16. The highest BCUT2D eigenvalue weighted by molar-refractivity contribution is 7.80. The SMILES string of the molecule is Cc1cc(Oc2ccccc2)nc(NC(=S)NCC(C)C)n1. The lowest BCUT2D eigenvalue weighted by atomic mass is 10.2. The van der Waals surface area contributed by atoms with Crippen LogP contribution in [0.5, 0.6) is 11.6 Å². The molecule has 1 heterocycles. The van der Waals surface area contributed by atoms with E-state index in [4.69, 9.17) is 17.0 Å². The quantitative estimate of drug-likeness (QED) is 0.823. The summed E-state index contributed by atoms with van der Waals surface area (Å²) in [6.45, 7) is 6.91. The number of rotatable bonds is 5. The van der Waals surface area contributed by atoms with Crippen LogP contribution in [-0.2, 0) is 0 Å². The third-order valence-corrected chi connectivity index (χ3v) is 2.94. The molecule has 0 bridgehead atoms. The van der Waals surface area contributed by atoms with Crippen molar-refractivity contribution in [1.82, 2.24) is 15.3 Å².